The maximum atomic E-state index is 12.2. The maximum Gasteiger partial charge on any atom is 0.260 e. The Morgan fingerprint density at radius 2 is 1.37 bits per heavy atom. The lowest BCUT2D eigenvalue weighted by molar-refractivity contribution is -0.139. The quantitative estimate of drug-likeness (QED) is 0.785. The fourth-order valence-corrected chi connectivity index (χ4v) is 2.88. The smallest absolute Gasteiger partial charge is 0.260 e. The van der Waals surface area contributed by atoms with Gasteiger partial charge in [0.2, 0.25) is 5.91 Å². The number of carbonyl (C=O) groups is 2. The molecule has 1 aliphatic heterocycles. The third kappa shape index (κ3) is 5.48. The van der Waals surface area contributed by atoms with Crippen molar-refractivity contribution in [3.63, 3.8) is 0 Å². The number of amides is 2. The highest BCUT2D eigenvalue weighted by Gasteiger charge is 2.22. The fraction of sp³-hybridized carbons (Fsp3) is 0.333. The third-order valence-corrected chi connectivity index (χ3v) is 4.51. The number of ether oxygens (including phenoxy) is 2. The summed E-state index contributed by atoms with van der Waals surface area (Å²) in [6.07, 6.45) is 0. The highest BCUT2D eigenvalue weighted by Crippen LogP contribution is 2.19. The first-order valence-electron chi connectivity index (χ1n) is 9.05. The number of rotatable bonds is 6. The summed E-state index contributed by atoms with van der Waals surface area (Å²) in [4.78, 5) is 27.1. The fourth-order valence-electron chi connectivity index (χ4n) is 2.88. The van der Waals surface area contributed by atoms with Gasteiger partial charge in [0, 0.05) is 33.1 Å². The van der Waals surface area contributed by atoms with Crippen LogP contribution in [-0.2, 0) is 16.2 Å². The predicted octanol–water partition coefficient (Wildman–Crippen LogP) is 2.34. The van der Waals surface area contributed by atoms with E-state index in [0.717, 1.165) is 11.3 Å². The zero-order chi connectivity index (χ0) is 19.1. The largest absolute Gasteiger partial charge is 0.489 e. The summed E-state index contributed by atoms with van der Waals surface area (Å²) in [5.41, 5.74) is 1.10. The van der Waals surface area contributed by atoms with Crippen LogP contribution in [0.4, 0.5) is 0 Å². The van der Waals surface area contributed by atoms with Gasteiger partial charge in [0.25, 0.3) is 5.91 Å². The number of hydrogen-bond donors (Lipinski definition) is 0. The van der Waals surface area contributed by atoms with Crippen LogP contribution in [0, 0.1) is 0 Å². The molecule has 0 aromatic heterocycles. The number of carbonyl (C=O) groups excluding carboxylic acids is 2. The molecule has 6 nitrogen and oxygen atoms in total. The Labute approximate surface area is 159 Å². The monoisotopic (exact) mass is 368 g/mol. The van der Waals surface area contributed by atoms with Crippen LogP contribution in [0.1, 0.15) is 12.5 Å². The third-order valence-electron chi connectivity index (χ3n) is 4.51. The number of hydrogen-bond acceptors (Lipinski definition) is 4. The molecule has 1 heterocycles. The molecule has 0 saturated carbocycles. The Morgan fingerprint density at radius 1 is 0.815 bits per heavy atom. The topological polar surface area (TPSA) is 59.1 Å². The Morgan fingerprint density at radius 3 is 1.96 bits per heavy atom. The Balaban J connectivity index is 1.42. The summed E-state index contributed by atoms with van der Waals surface area (Å²) < 4.78 is 11.3. The molecular formula is C21H24N2O4. The first kappa shape index (κ1) is 18.8. The van der Waals surface area contributed by atoms with E-state index in [0.29, 0.717) is 38.5 Å². The molecule has 142 valence electrons. The van der Waals surface area contributed by atoms with Gasteiger partial charge >= 0.3 is 0 Å². The lowest BCUT2D eigenvalue weighted by Gasteiger charge is -2.34. The van der Waals surface area contributed by atoms with Gasteiger partial charge < -0.3 is 19.3 Å². The van der Waals surface area contributed by atoms with E-state index < -0.39 is 0 Å². The van der Waals surface area contributed by atoms with Gasteiger partial charge in [0.05, 0.1) is 0 Å². The normalized spacial score (nSPS) is 14.0. The van der Waals surface area contributed by atoms with E-state index in [9.17, 15) is 9.59 Å². The van der Waals surface area contributed by atoms with Gasteiger partial charge in [-0.3, -0.25) is 9.59 Å². The van der Waals surface area contributed by atoms with Crippen molar-refractivity contribution in [3.05, 3.63) is 60.2 Å². The number of benzene rings is 2. The van der Waals surface area contributed by atoms with Gasteiger partial charge in [-0.15, -0.1) is 0 Å². The molecule has 1 saturated heterocycles. The summed E-state index contributed by atoms with van der Waals surface area (Å²) in [6, 6.07) is 17.2. The van der Waals surface area contributed by atoms with Crippen molar-refractivity contribution < 1.29 is 19.1 Å². The number of piperazine rings is 1. The molecule has 0 spiro atoms. The molecule has 1 fully saturated rings. The lowest BCUT2D eigenvalue weighted by atomic mass is 10.2. The van der Waals surface area contributed by atoms with Crippen molar-refractivity contribution >= 4 is 11.8 Å². The molecule has 2 aromatic rings. The minimum atomic E-state index is -0.0670. The van der Waals surface area contributed by atoms with Gasteiger partial charge in [0.1, 0.15) is 18.1 Å². The van der Waals surface area contributed by atoms with Crippen LogP contribution in [0.25, 0.3) is 0 Å². The van der Waals surface area contributed by atoms with E-state index in [-0.39, 0.29) is 18.4 Å². The SMILES string of the molecule is CC(=O)N1CCN(C(=O)COc2ccc(OCc3ccccc3)cc2)CC1. The van der Waals surface area contributed by atoms with Crippen molar-refractivity contribution in [2.75, 3.05) is 32.8 Å². The van der Waals surface area contributed by atoms with Crippen molar-refractivity contribution in [1.29, 1.82) is 0 Å². The molecule has 27 heavy (non-hydrogen) atoms. The summed E-state index contributed by atoms with van der Waals surface area (Å²) in [6.45, 7) is 4.30. The molecule has 2 amide bonds. The molecule has 0 bridgehead atoms. The van der Waals surface area contributed by atoms with Crippen LogP contribution in [0.3, 0.4) is 0 Å². The van der Waals surface area contributed by atoms with E-state index in [1.165, 1.54) is 0 Å². The van der Waals surface area contributed by atoms with Gasteiger partial charge in [-0.2, -0.15) is 0 Å². The summed E-state index contributed by atoms with van der Waals surface area (Å²) in [7, 11) is 0. The van der Waals surface area contributed by atoms with Crippen LogP contribution in [0.15, 0.2) is 54.6 Å². The molecule has 0 aliphatic carbocycles. The highest BCUT2D eigenvalue weighted by molar-refractivity contribution is 5.78. The average molecular weight is 368 g/mol. The van der Waals surface area contributed by atoms with E-state index in [1.807, 2.05) is 42.5 Å². The molecule has 3 rings (SSSR count). The lowest BCUT2D eigenvalue weighted by Crippen LogP contribution is -2.51. The van der Waals surface area contributed by atoms with Crippen molar-refractivity contribution in [1.82, 2.24) is 9.80 Å². The minimum absolute atomic E-state index is 0.00963. The van der Waals surface area contributed by atoms with Crippen molar-refractivity contribution in [2.24, 2.45) is 0 Å². The highest BCUT2D eigenvalue weighted by atomic mass is 16.5. The van der Waals surface area contributed by atoms with E-state index in [1.54, 1.807) is 28.9 Å². The second kappa shape index (κ2) is 9.07. The Bertz CT molecular complexity index is 754. The Kier molecular flexibility index (Phi) is 6.30. The molecular weight excluding hydrogens is 344 g/mol. The van der Waals surface area contributed by atoms with E-state index in [4.69, 9.17) is 9.47 Å². The summed E-state index contributed by atoms with van der Waals surface area (Å²) in [5, 5.41) is 0. The van der Waals surface area contributed by atoms with E-state index in [2.05, 4.69) is 0 Å². The van der Waals surface area contributed by atoms with Gasteiger partial charge in [-0.05, 0) is 29.8 Å². The van der Waals surface area contributed by atoms with Gasteiger partial charge in [0.15, 0.2) is 6.61 Å². The average Bonchev–Trinajstić information content (AvgIpc) is 2.72. The first-order chi connectivity index (χ1) is 13.1. The van der Waals surface area contributed by atoms with Gasteiger partial charge in [-0.1, -0.05) is 30.3 Å². The van der Waals surface area contributed by atoms with Crippen LogP contribution >= 0.6 is 0 Å². The summed E-state index contributed by atoms with van der Waals surface area (Å²) >= 11 is 0. The maximum absolute atomic E-state index is 12.2. The number of nitrogens with zero attached hydrogens (tertiary/aromatic N) is 2. The van der Waals surface area contributed by atoms with Gasteiger partial charge in [-0.25, -0.2) is 0 Å². The van der Waals surface area contributed by atoms with Crippen LogP contribution in [0.2, 0.25) is 0 Å². The van der Waals surface area contributed by atoms with Crippen LogP contribution in [0.5, 0.6) is 11.5 Å². The van der Waals surface area contributed by atoms with E-state index >= 15 is 0 Å². The molecule has 0 N–H and O–H groups in total. The van der Waals surface area contributed by atoms with Crippen molar-refractivity contribution in [2.45, 2.75) is 13.5 Å². The predicted molar refractivity (Wildman–Crippen MR) is 102 cm³/mol. The molecule has 6 heteroatoms. The standard InChI is InChI=1S/C21H24N2O4/c1-17(24)22-11-13-23(14-12-22)21(25)16-27-20-9-7-19(8-10-20)26-15-18-5-3-2-4-6-18/h2-10H,11-16H2,1H3. The minimum Gasteiger partial charge on any atom is -0.489 e. The molecule has 0 atom stereocenters. The van der Waals surface area contributed by atoms with Crippen LogP contribution in [-0.4, -0.2) is 54.4 Å². The first-order valence-corrected chi connectivity index (χ1v) is 9.05. The molecule has 0 radical (unpaired) electrons. The van der Waals surface area contributed by atoms with Crippen LogP contribution < -0.4 is 9.47 Å². The molecule has 2 aromatic carbocycles. The Hall–Kier alpha value is -3.02. The second-order valence-electron chi connectivity index (χ2n) is 6.42. The second-order valence-corrected chi connectivity index (χ2v) is 6.42. The molecule has 0 unspecified atom stereocenters. The molecule has 1 aliphatic rings. The zero-order valence-electron chi connectivity index (χ0n) is 15.5. The summed E-state index contributed by atoms with van der Waals surface area (Å²) in [5.74, 6) is 1.35. The zero-order valence-corrected chi connectivity index (χ0v) is 15.5. The van der Waals surface area contributed by atoms with Crippen molar-refractivity contribution in [3.8, 4) is 11.5 Å².